The zero-order valence-corrected chi connectivity index (χ0v) is 17.8. The van der Waals surface area contributed by atoms with Gasteiger partial charge in [0.1, 0.15) is 5.78 Å². The van der Waals surface area contributed by atoms with Crippen molar-refractivity contribution in [1.82, 2.24) is 0 Å². The number of allylic oxidation sites excluding steroid dienone is 2. The van der Waals surface area contributed by atoms with Crippen molar-refractivity contribution in [3.63, 3.8) is 0 Å². The van der Waals surface area contributed by atoms with Crippen LogP contribution in [0.25, 0.3) is 0 Å². The Hall–Kier alpha value is 0.320. The van der Waals surface area contributed by atoms with Gasteiger partial charge >= 0.3 is 29.6 Å². The third kappa shape index (κ3) is 22.5. The molecule has 0 aliphatic rings. The molecule has 4 nitrogen and oxygen atoms in total. The summed E-state index contributed by atoms with van der Waals surface area (Å²) in [5, 5.41) is 0. The van der Waals surface area contributed by atoms with Crippen molar-refractivity contribution >= 4 is 45.5 Å². The summed E-state index contributed by atoms with van der Waals surface area (Å²) < 4.78 is 26.6. The van der Waals surface area contributed by atoms with Gasteiger partial charge in [0.25, 0.3) is 10.1 Å². The number of carbonyl (C=O) groups is 1. The van der Waals surface area contributed by atoms with Crippen LogP contribution in [0.15, 0.2) is 12.2 Å². The number of carbonyl (C=O) groups excluding carboxylic acids is 1. The van der Waals surface area contributed by atoms with Gasteiger partial charge < -0.3 is 0 Å². The van der Waals surface area contributed by atoms with E-state index in [9.17, 15) is 13.2 Å². The van der Waals surface area contributed by atoms with E-state index in [1.165, 1.54) is 57.8 Å². The van der Waals surface area contributed by atoms with Crippen molar-refractivity contribution in [2.45, 2.75) is 103 Å². The molecular formula is C21H41NaO4S. The maximum absolute atomic E-state index is 11.6. The van der Waals surface area contributed by atoms with E-state index in [0.717, 1.165) is 32.8 Å². The van der Waals surface area contributed by atoms with Crippen molar-refractivity contribution in [3.05, 3.63) is 12.2 Å². The van der Waals surface area contributed by atoms with Gasteiger partial charge in [-0.2, -0.15) is 8.42 Å². The molecule has 6 heteroatoms. The zero-order valence-electron chi connectivity index (χ0n) is 17.0. The first-order valence-electron chi connectivity index (χ1n) is 10.5. The van der Waals surface area contributed by atoms with Gasteiger partial charge in [0, 0.05) is 12.8 Å². The Labute approximate surface area is 190 Å². The SMILES string of the molecule is CCCCCCCC/C=C\CCCCCCCC(=O)CCS(=O)(=O)OC.[NaH]. The molecule has 0 rings (SSSR count). The van der Waals surface area contributed by atoms with Crippen LogP contribution in [0.1, 0.15) is 103 Å². The number of hydrogen-bond donors (Lipinski definition) is 0. The summed E-state index contributed by atoms with van der Waals surface area (Å²) in [5.41, 5.74) is 0. The monoisotopic (exact) mass is 412 g/mol. The van der Waals surface area contributed by atoms with Gasteiger partial charge in [-0.1, -0.05) is 70.4 Å². The average Bonchev–Trinajstić information content (AvgIpc) is 2.63. The standard InChI is InChI=1S/C21H40O4S.Na.H/c1-3-4-5-6-7-8-9-10-11-12-13-14-15-16-17-18-21(22)19-20-26(23,24)25-2;;/h10-11H,3-9,12-20H2,1-2H3;;/b11-10-;;. The Morgan fingerprint density at radius 2 is 1.26 bits per heavy atom. The van der Waals surface area contributed by atoms with Crippen LogP contribution in [-0.4, -0.2) is 56.6 Å². The number of Topliss-reactive ketones (excluding diaryl/α,β-unsaturated/α-hetero) is 1. The van der Waals surface area contributed by atoms with Gasteiger partial charge in [-0.15, -0.1) is 0 Å². The molecule has 0 bridgehead atoms. The topological polar surface area (TPSA) is 60.4 Å². The van der Waals surface area contributed by atoms with Crippen LogP contribution in [0.5, 0.6) is 0 Å². The van der Waals surface area contributed by atoms with Crippen molar-refractivity contribution in [1.29, 1.82) is 0 Å². The molecule has 0 fully saturated rings. The molecule has 0 aromatic carbocycles. The second kappa shape index (κ2) is 21.0. The van der Waals surface area contributed by atoms with Crippen molar-refractivity contribution in [3.8, 4) is 0 Å². The molecule has 0 atom stereocenters. The van der Waals surface area contributed by atoms with Crippen LogP contribution in [0.2, 0.25) is 0 Å². The van der Waals surface area contributed by atoms with Gasteiger partial charge in [-0.25, -0.2) is 0 Å². The molecule has 0 heterocycles. The molecule has 0 aromatic rings. The Bertz CT molecular complexity index is 461. The molecule has 0 unspecified atom stereocenters. The van der Waals surface area contributed by atoms with Crippen LogP contribution in [-0.2, 0) is 19.1 Å². The van der Waals surface area contributed by atoms with Gasteiger partial charge in [0.05, 0.1) is 12.9 Å². The number of hydrogen-bond acceptors (Lipinski definition) is 4. The summed E-state index contributed by atoms with van der Waals surface area (Å²) in [7, 11) is -2.37. The fourth-order valence-corrected chi connectivity index (χ4v) is 3.48. The molecule has 0 aromatic heterocycles. The van der Waals surface area contributed by atoms with E-state index < -0.39 is 10.1 Å². The van der Waals surface area contributed by atoms with Gasteiger partial charge in [0.15, 0.2) is 0 Å². The molecule has 156 valence electrons. The van der Waals surface area contributed by atoms with Crippen LogP contribution >= 0.6 is 0 Å². The molecule has 0 aliphatic heterocycles. The molecule has 0 N–H and O–H groups in total. The molecule has 0 saturated heterocycles. The molecule has 0 amide bonds. The first-order valence-corrected chi connectivity index (χ1v) is 12.0. The van der Waals surface area contributed by atoms with Crippen LogP contribution in [0.4, 0.5) is 0 Å². The summed E-state index contributed by atoms with van der Waals surface area (Å²) in [4.78, 5) is 11.6. The molecule has 0 spiro atoms. The third-order valence-corrected chi connectivity index (χ3v) is 5.81. The molecule has 0 aliphatic carbocycles. The molecular weight excluding hydrogens is 371 g/mol. The van der Waals surface area contributed by atoms with E-state index in [2.05, 4.69) is 23.3 Å². The van der Waals surface area contributed by atoms with Crippen LogP contribution < -0.4 is 0 Å². The minimum atomic E-state index is -3.50. The average molecular weight is 413 g/mol. The summed E-state index contributed by atoms with van der Waals surface area (Å²) in [6, 6.07) is 0. The van der Waals surface area contributed by atoms with E-state index in [1.807, 2.05) is 0 Å². The van der Waals surface area contributed by atoms with Crippen molar-refractivity contribution in [2.24, 2.45) is 0 Å². The van der Waals surface area contributed by atoms with E-state index in [0.29, 0.717) is 6.42 Å². The predicted molar refractivity (Wildman–Crippen MR) is 117 cm³/mol. The Balaban J connectivity index is 0. The predicted octanol–water partition coefficient (Wildman–Crippen LogP) is 5.31. The van der Waals surface area contributed by atoms with E-state index in [4.69, 9.17) is 0 Å². The maximum atomic E-state index is 11.6. The zero-order chi connectivity index (χ0) is 19.5. The normalized spacial score (nSPS) is 11.6. The first kappa shape index (κ1) is 29.5. The summed E-state index contributed by atoms with van der Waals surface area (Å²) in [5.74, 6) is -0.184. The second-order valence-electron chi connectivity index (χ2n) is 7.05. The molecule has 0 saturated carbocycles. The molecule has 27 heavy (non-hydrogen) atoms. The van der Waals surface area contributed by atoms with E-state index in [-0.39, 0.29) is 47.5 Å². The molecule has 0 radical (unpaired) electrons. The number of ketones is 1. The fraction of sp³-hybridized carbons (Fsp3) is 0.857. The number of rotatable bonds is 19. The Kier molecular flexibility index (Phi) is 23.0. The van der Waals surface area contributed by atoms with E-state index in [1.54, 1.807) is 0 Å². The summed E-state index contributed by atoms with van der Waals surface area (Å²) in [6.45, 7) is 2.25. The van der Waals surface area contributed by atoms with Crippen LogP contribution in [0.3, 0.4) is 0 Å². The van der Waals surface area contributed by atoms with Crippen LogP contribution in [0, 0.1) is 0 Å². The first-order chi connectivity index (χ1) is 12.5. The minimum absolute atomic E-state index is 0. The van der Waals surface area contributed by atoms with Gasteiger partial charge in [-0.05, 0) is 32.1 Å². The Morgan fingerprint density at radius 3 is 1.78 bits per heavy atom. The number of unbranched alkanes of at least 4 members (excludes halogenated alkanes) is 11. The quantitative estimate of drug-likeness (QED) is 0.125. The third-order valence-electron chi connectivity index (χ3n) is 4.60. The van der Waals surface area contributed by atoms with Gasteiger partial charge in [-0.3, -0.25) is 8.98 Å². The van der Waals surface area contributed by atoms with Crippen molar-refractivity contribution < 1.29 is 17.4 Å². The van der Waals surface area contributed by atoms with Gasteiger partial charge in [0.2, 0.25) is 0 Å². The van der Waals surface area contributed by atoms with Crippen molar-refractivity contribution in [2.75, 3.05) is 12.9 Å². The van der Waals surface area contributed by atoms with E-state index >= 15 is 0 Å². The fourth-order valence-electron chi connectivity index (χ4n) is 2.84. The summed E-state index contributed by atoms with van der Waals surface area (Å²) >= 11 is 0. The summed E-state index contributed by atoms with van der Waals surface area (Å²) in [6.07, 6.45) is 21.2. The second-order valence-corrected chi connectivity index (χ2v) is 8.91. The Morgan fingerprint density at radius 1 is 0.778 bits per heavy atom.